The van der Waals surface area contributed by atoms with E-state index in [0.29, 0.717) is 19.3 Å². The molecule has 0 saturated carbocycles. The van der Waals surface area contributed by atoms with Gasteiger partial charge in [-0.3, -0.25) is 14.4 Å². The van der Waals surface area contributed by atoms with Gasteiger partial charge in [-0.2, -0.15) is 0 Å². The summed E-state index contributed by atoms with van der Waals surface area (Å²) in [6.07, 6.45) is 95.1. The van der Waals surface area contributed by atoms with Gasteiger partial charge in [-0.1, -0.05) is 343 Å². The molecule has 0 bridgehead atoms. The Bertz CT molecular complexity index is 1590. The predicted octanol–water partition coefficient (Wildman–Crippen LogP) is 24.4. The first kappa shape index (κ1) is 78.3. The Morgan fingerprint density at radius 3 is 0.744 bits per heavy atom. The Labute approximate surface area is 508 Å². The van der Waals surface area contributed by atoms with Crippen LogP contribution >= 0.6 is 0 Å². The highest BCUT2D eigenvalue weighted by Crippen LogP contribution is 2.18. The van der Waals surface area contributed by atoms with E-state index in [9.17, 15) is 14.4 Å². The Morgan fingerprint density at radius 1 is 0.256 bits per heavy atom. The average molecular weight is 1140 g/mol. The van der Waals surface area contributed by atoms with E-state index in [0.717, 1.165) is 116 Å². The van der Waals surface area contributed by atoms with Gasteiger partial charge >= 0.3 is 17.9 Å². The van der Waals surface area contributed by atoms with E-state index in [-0.39, 0.29) is 37.5 Å². The maximum absolute atomic E-state index is 12.8. The number of esters is 3. The standard InChI is InChI=1S/C76H132O6/c1-4-7-10-13-15-17-19-21-23-25-27-29-31-33-35-36-37-38-39-41-42-44-46-48-50-52-54-56-58-60-63-66-69-75(78)81-72-73(71-80-74(77)68-65-62-12-9-6-3)82-76(79)70-67-64-61-59-57-55-53-51-49-47-45-43-40-34-32-30-28-26-24-22-20-18-16-14-11-8-5-2/h8,11,16,18,22,24,28,30,34,40,45,47,51,53,57,59,73H,4-7,9-10,12-15,17,19-21,23,25-27,29,31-33,35-39,41-44,46,48-50,52,54-56,58,60-72H2,1-3H3/b11-8-,18-16-,24-22-,30-28-,40-34-,47-45-,53-51-,59-57-. The highest BCUT2D eigenvalue weighted by atomic mass is 16.6. The van der Waals surface area contributed by atoms with Gasteiger partial charge in [0, 0.05) is 19.3 Å². The number of ether oxygens (including phenoxy) is 3. The summed E-state index contributed by atoms with van der Waals surface area (Å²) >= 11 is 0. The molecule has 0 N–H and O–H groups in total. The summed E-state index contributed by atoms with van der Waals surface area (Å²) in [6, 6.07) is 0. The molecule has 1 atom stereocenters. The van der Waals surface area contributed by atoms with Crippen LogP contribution in [0.15, 0.2) is 97.2 Å². The van der Waals surface area contributed by atoms with Crippen molar-refractivity contribution in [3.05, 3.63) is 97.2 Å². The lowest BCUT2D eigenvalue weighted by atomic mass is 10.0. The number of hydrogen-bond donors (Lipinski definition) is 0. The average Bonchev–Trinajstić information content (AvgIpc) is 3.47. The first-order chi connectivity index (χ1) is 40.5. The Morgan fingerprint density at radius 2 is 0.476 bits per heavy atom. The van der Waals surface area contributed by atoms with Crippen LogP contribution < -0.4 is 0 Å². The molecular weight excluding hydrogens is 1010 g/mol. The second-order valence-corrected chi connectivity index (χ2v) is 23.4. The van der Waals surface area contributed by atoms with E-state index < -0.39 is 6.10 Å². The van der Waals surface area contributed by atoms with Gasteiger partial charge in [-0.15, -0.1) is 0 Å². The summed E-state index contributed by atoms with van der Waals surface area (Å²) in [6.45, 7) is 6.44. The van der Waals surface area contributed by atoms with E-state index in [1.165, 1.54) is 186 Å². The topological polar surface area (TPSA) is 78.9 Å². The highest BCUT2D eigenvalue weighted by Gasteiger charge is 2.19. The maximum atomic E-state index is 12.8. The largest absolute Gasteiger partial charge is 0.462 e. The van der Waals surface area contributed by atoms with Gasteiger partial charge in [0.25, 0.3) is 0 Å². The second kappa shape index (κ2) is 69.8. The van der Waals surface area contributed by atoms with E-state index in [1.54, 1.807) is 0 Å². The molecule has 6 nitrogen and oxygen atoms in total. The molecule has 0 saturated heterocycles. The lowest BCUT2D eigenvalue weighted by Gasteiger charge is -2.18. The number of allylic oxidation sites excluding steroid dienone is 16. The van der Waals surface area contributed by atoms with Crippen molar-refractivity contribution in [2.45, 2.75) is 354 Å². The third-order valence-corrected chi connectivity index (χ3v) is 15.4. The molecule has 0 heterocycles. The molecule has 0 radical (unpaired) electrons. The van der Waals surface area contributed by atoms with Crippen LogP contribution in [0.3, 0.4) is 0 Å². The van der Waals surface area contributed by atoms with Crippen LogP contribution in [0.2, 0.25) is 0 Å². The fraction of sp³-hybridized carbons (Fsp3) is 0.750. The van der Waals surface area contributed by atoms with Crippen molar-refractivity contribution >= 4 is 17.9 Å². The van der Waals surface area contributed by atoms with Crippen molar-refractivity contribution in [3.8, 4) is 0 Å². The Kier molecular flexibility index (Phi) is 66.7. The third kappa shape index (κ3) is 67.1. The van der Waals surface area contributed by atoms with Crippen molar-refractivity contribution in [2.75, 3.05) is 13.2 Å². The summed E-state index contributed by atoms with van der Waals surface area (Å²) in [5.41, 5.74) is 0. The SMILES string of the molecule is CC/C=C\C/C=C\C/C=C\C/C=C\C/C=C\C/C=C\C/C=C\C/C=C\CCCCC(=O)OC(COC(=O)CCCCCCC)COC(=O)CCCCCCCCCCCCCCCCCCCCCCCCCCCCCCCCCC. The van der Waals surface area contributed by atoms with Gasteiger partial charge < -0.3 is 14.2 Å². The van der Waals surface area contributed by atoms with Crippen molar-refractivity contribution < 1.29 is 28.6 Å². The summed E-state index contributed by atoms with van der Waals surface area (Å²) in [7, 11) is 0. The van der Waals surface area contributed by atoms with Crippen LogP contribution in [0.25, 0.3) is 0 Å². The zero-order valence-electron chi connectivity index (χ0n) is 54.2. The lowest BCUT2D eigenvalue weighted by Crippen LogP contribution is -2.30. The van der Waals surface area contributed by atoms with Crippen molar-refractivity contribution in [2.24, 2.45) is 0 Å². The zero-order valence-corrected chi connectivity index (χ0v) is 54.2. The van der Waals surface area contributed by atoms with Gasteiger partial charge in [0.2, 0.25) is 0 Å². The number of carbonyl (C=O) groups excluding carboxylic acids is 3. The van der Waals surface area contributed by atoms with Gasteiger partial charge in [0.1, 0.15) is 13.2 Å². The maximum Gasteiger partial charge on any atom is 0.306 e. The third-order valence-electron chi connectivity index (χ3n) is 15.4. The van der Waals surface area contributed by atoms with Gasteiger partial charge in [-0.25, -0.2) is 0 Å². The number of hydrogen-bond acceptors (Lipinski definition) is 6. The molecule has 1 unspecified atom stereocenters. The molecule has 0 aliphatic carbocycles. The molecule has 0 amide bonds. The number of carbonyl (C=O) groups is 3. The number of unbranched alkanes of at least 4 members (excludes halogenated alkanes) is 37. The van der Waals surface area contributed by atoms with Crippen LogP contribution in [0.4, 0.5) is 0 Å². The van der Waals surface area contributed by atoms with Gasteiger partial charge in [0.15, 0.2) is 6.10 Å². The van der Waals surface area contributed by atoms with Gasteiger partial charge in [-0.05, 0) is 83.5 Å². The fourth-order valence-corrected chi connectivity index (χ4v) is 10.1. The van der Waals surface area contributed by atoms with Crippen LogP contribution in [0.5, 0.6) is 0 Å². The zero-order chi connectivity index (χ0) is 59.2. The monoisotopic (exact) mass is 1140 g/mol. The molecule has 0 aliphatic rings. The van der Waals surface area contributed by atoms with E-state index in [4.69, 9.17) is 14.2 Å². The summed E-state index contributed by atoms with van der Waals surface area (Å²) in [4.78, 5) is 38.0. The second-order valence-electron chi connectivity index (χ2n) is 23.4. The molecule has 0 aromatic heterocycles. The molecule has 0 rings (SSSR count). The highest BCUT2D eigenvalue weighted by molar-refractivity contribution is 5.71. The molecule has 0 fully saturated rings. The van der Waals surface area contributed by atoms with Crippen molar-refractivity contribution in [1.29, 1.82) is 0 Å². The summed E-state index contributed by atoms with van der Waals surface area (Å²) in [5.74, 6) is -0.941. The van der Waals surface area contributed by atoms with Crippen LogP contribution in [-0.2, 0) is 28.6 Å². The van der Waals surface area contributed by atoms with Crippen LogP contribution in [0, 0.1) is 0 Å². The fourth-order valence-electron chi connectivity index (χ4n) is 10.1. The van der Waals surface area contributed by atoms with Gasteiger partial charge in [0.05, 0.1) is 0 Å². The molecule has 0 aromatic carbocycles. The first-order valence-electron chi connectivity index (χ1n) is 35.2. The van der Waals surface area contributed by atoms with Crippen LogP contribution in [-0.4, -0.2) is 37.2 Å². The molecule has 0 aliphatic heterocycles. The Balaban J connectivity index is 4.02. The molecule has 82 heavy (non-hydrogen) atoms. The lowest BCUT2D eigenvalue weighted by molar-refractivity contribution is -0.167. The van der Waals surface area contributed by atoms with E-state index >= 15 is 0 Å². The van der Waals surface area contributed by atoms with E-state index in [2.05, 4.69) is 118 Å². The number of rotatable bonds is 64. The smallest absolute Gasteiger partial charge is 0.306 e. The minimum absolute atomic E-state index is 0.0929. The molecule has 0 spiro atoms. The predicted molar refractivity (Wildman–Crippen MR) is 357 cm³/mol. The van der Waals surface area contributed by atoms with E-state index in [1.807, 2.05) is 0 Å². The summed E-state index contributed by atoms with van der Waals surface area (Å²) < 4.78 is 16.8. The van der Waals surface area contributed by atoms with Crippen LogP contribution in [0.1, 0.15) is 348 Å². The quantitative estimate of drug-likeness (QED) is 0.0261. The normalized spacial score (nSPS) is 12.7. The Hall–Kier alpha value is -3.67. The molecule has 0 aromatic rings. The minimum Gasteiger partial charge on any atom is -0.462 e. The van der Waals surface area contributed by atoms with Crippen molar-refractivity contribution in [3.63, 3.8) is 0 Å². The molecular formula is C76H132O6. The van der Waals surface area contributed by atoms with Crippen molar-refractivity contribution in [1.82, 2.24) is 0 Å². The summed E-state index contributed by atoms with van der Waals surface area (Å²) in [5, 5.41) is 0. The molecule has 472 valence electrons. The molecule has 6 heteroatoms. The first-order valence-corrected chi connectivity index (χ1v) is 35.2. The minimum atomic E-state index is -0.798.